The molecule has 1 aromatic heterocycles. The molecule has 0 bridgehead atoms. The number of amides is 1. The van der Waals surface area contributed by atoms with Crippen molar-refractivity contribution in [3.8, 4) is 11.4 Å². The smallest absolute Gasteiger partial charge is 0.234 e. The molecule has 2 aromatic rings. The van der Waals surface area contributed by atoms with Crippen LogP contribution >= 0.6 is 0 Å². The summed E-state index contributed by atoms with van der Waals surface area (Å²) < 4.78 is 18.6. The van der Waals surface area contributed by atoms with Crippen molar-refractivity contribution in [1.82, 2.24) is 15.0 Å². The second-order valence-corrected chi connectivity index (χ2v) is 5.37. The van der Waals surface area contributed by atoms with Crippen LogP contribution in [0, 0.1) is 0 Å². The number of hydrogen-bond donors (Lipinski definition) is 1. The Kier molecular flexibility index (Phi) is 4.15. The van der Waals surface area contributed by atoms with E-state index in [0.717, 1.165) is 5.56 Å². The lowest BCUT2D eigenvalue weighted by atomic mass is 10.2. The zero-order valence-corrected chi connectivity index (χ0v) is 12.0. The minimum absolute atomic E-state index is 0.161. The first-order valence-corrected chi connectivity index (χ1v) is 7.19. The van der Waals surface area contributed by atoms with Gasteiger partial charge in [0.2, 0.25) is 17.6 Å². The van der Waals surface area contributed by atoms with Gasteiger partial charge in [-0.05, 0) is 0 Å². The molecular weight excluding hydrogens is 287 g/mol. The number of rotatable bonds is 5. The number of nitrogens with zero attached hydrogens (tertiary/aromatic N) is 3. The van der Waals surface area contributed by atoms with Crippen molar-refractivity contribution in [3.63, 3.8) is 0 Å². The van der Waals surface area contributed by atoms with Crippen LogP contribution in [0.15, 0.2) is 34.9 Å². The van der Waals surface area contributed by atoms with Crippen LogP contribution < -0.4 is 5.73 Å². The van der Waals surface area contributed by atoms with Gasteiger partial charge in [0.15, 0.2) is 0 Å². The third kappa shape index (κ3) is 3.14. The molecule has 0 spiro atoms. The summed E-state index contributed by atoms with van der Waals surface area (Å²) in [5, 5.41) is 3.93. The Hall–Kier alpha value is -2.28. The average Bonchev–Trinajstić information content (AvgIpc) is 3.12. The number of nitrogens with two attached hydrogens (primary N) is 1. The highest BCUT2D eigenvalue weighted by Gasteiger charge is 2.35. The van der Waals surface area contributed by atoms with Gasteiger partial charge in [-0.2, -0.15) is 4.98 Å². The molecule has 22 heavy (non-hydrogen) atoms. The molecule has 0 saturated carbocycles. The number of likely N-dealkylation sites (tertiary alicyclic amines) is 1. The molecule has 2 atom stereocenters. The number of halogens is 1. The lowest BCUT2D eigenvalue weighted by molar-refractivity contribution is -0.122. The number of alkyl halides is 1. The fraction of sp³-hybridized carbons (Fsp3) is 0.400. The maximum atomic E-state index is 13.4. The van der Waals surface area contributed by atoms with E-state index in [1.807, 2.05) is 30.3 Å². The van der Waals surface area contributed by atoms with Crippen LogP contribution in [0.25, 0.3) is 11.4 Å². The largest absolute Gasteiger partial charge is 0.368 e. The van der Waals surface area contributed by atoms with E-state index in [0.29, 0.717) is 24.7 Å². The van der Waals surface area contributed by atoms with Crippen LogP contribution in [0.1, 0.15) is 12.3 Å². The van der Waals surface area contributed by atoms with Crippen molar-refractivity contribution < 1.29 is 13.7 Å². The molecule has 1 fully saturated rings. The molecule has 0 unspecified atom stereocenters. The van der Waals surface area contributed by atoms with Crippen LogP contribution in [-0.4, -0.2) is 46.3 Å². The minimum Gasteiger partial charge on any atom is -0.368 e. The zero-order valence-electron chi connectivity index (χ0n) is 12.0. The summed E-state index contributed by atoms with van der Waals surface area (Å²) in [4.78, 5) is 17.4. The van der Waals surface area contributed by atoms with Gasteiger partial charge in [-0.15, -0.1) is 0 Å². The Bertz CT molecular complexity index is 646. The molecule has 116 valence electrons. The van der Waals surface area contributed by atoms with E-state index in [1.165, 1.54) is 0 Å². The van der Waals surface area contributed by atoms with Gasteiger partial charge in [0, 0.05) is 31.5 Å². The molecule has 2 heterocycles. The summed E-state index contributed by atoms with van der Waals surface area (Å²) >= 11 is 0. The Balaban J connectivity index is 1.63. The molecule has 1 aromatic carbocycles. The first-order valence-electron chi connectivity index (χ1n) is 7.19. The molecule has 1 amide bonds. The SMILES string of the molecule is NC(=O)[C@@H]1C[C@@H](F)CN1CCc1nc(-c2ccccc2)no1. The van der Waals surface area contributed by atoms with Crippen molar-refractivity contribution in [2.45, 2.75) is 25.1 Å². The van der Waals surface area contributed by atoms with E-state index in [4.69, 9.17) is 10.3 Å². The molecule has 3 rings (SSSR count). The van der Waals surface area contributed by atoms with Gasteiger partial charge in [-0.1, -0.05) is 35.5 Å². The van der Waals surface area contributed by atoms with Gasteiger partial charge in [0.25, 0.3) is 0 Å². The highest BCUT2D eigenvalue weighted by Crippen LogP contribution is 2.21. The van der Waals surface area contributed by atoms with Crippen molar-refractivity contribution in [3.05, 3.63) is 36.2 Å². The predicted octanol–water partition coefficient (Wildman–Crippen LogP) is 1.18. The number of benzene rings is 1. The first kappa shape index (κ1) is 14.6. The summed E-state index contributed by atoms with van der Waals surface area (Å²) in [7, 11) is 0. The third-order valence-electron chi connectivity index (χ3n) is 3.79. The van der Waals surface area contributed by atoms with Gasteiger partial charge in [0.05, 0.1) is 6.04 Å². The zero-order chi connectivity index (χ0) is 15.5. The standard InChI is InChI=1S/C15H17FN4O2/c16-11-8-12(14(17)21)20(9-11)7-6-13-18-15(19-22-13)10-4-2-1-3-5-10/h1-5,11-12H,6-9H2,(H2,17,21)/t11-,12+/m1/s1. The number of hydrogen-bond acceptors (Lipinski definition) is 5. The van der Waals surface area contributed by atoms with E-state index in [9.17, 15) is 9.18 Å². The van der Waals surface area contributed by atoms with E-state index in [-0.39, 0.29) is 13.0 Å². The quantitative estimate of drug-likeness (QED) is 0.896. The highest BCUT2D eigenvalue weighted by molar-refractivity contribution is 5.80. The monoisotopic (exact) mass is 304 g/mol. The summed E-state index contributed by atoms with van der Waals surface area (Å²) in [6.07, 6.45) is -0.398. The average molecular weight is 304 g/mol. The number of carbonyl (C=O) groups is 1. The minimum atomic E-state index is -1.01. The van der Waals surface area contributed by atoms with Crippen molar-refractivity contribution in [1.29, 1.82) is 0 Å². The molecule has 1 aliphatic heterocycles. The summed E-state index contributed by atoms with van der Waals surface area (Å²) in [5.41, 5.74) is 6.17. The maximum Gasteiger partial charge on any atom is 0.234 e. The van der Waals surface area contributed by atoms with Crippen molar-refractivity contribution in [2.24, 2.45) is 5.73 Å². The molecule has 0 aliphatic carbocycles. The predicted molar refractivity (Wildman–Crippen MR) is 77.5 cm³/mol. The highest BCUT2D eigenvalue weighted by atomic mass is 19.1. The second kappa shape index (κ2) is 6.23. The van der Waals surface area contributed by atoms with E-state index >= 15 is 0 Å². The van der Waals surface area contributed by atoms with Crippen LogP contribution in [0.4, 0.5) is 4.39 Å². The maximum absolute atomic E-state index is 13.4. The van der Waals surface area contributed by atoms with E-state index in [1.54, 1.807) is 4.90 Å². The van der Waals surface area contributed by atoms with E-state index in [2.05, 4.69) is 10.1 Å². The molecule has 0 radical (unpaired) electrons. The molecule has 6 nitrogen and oxygen atoms in total. The van der Waals surface area contributed by atoms with Gasteiger partial charge in [-0.3, -0.25) is 9.69 Å². The van der Waals surface area contributed by atoms with Crippen LogP contribution in [0.5, 0.6) is 0 Å². The fourth-order valence-electron chi connectivity index (χ4n) is 2.69. The molecule has 2 N–H and O–H groups in total. The lowest BCUT2D eigenvalue weighted by Gasteiger charge is -2.20. The van der Waals surface area contributed by atoms with Gasteiger partial charge >= 0.3 is 0 Å². The van der Waals surface area contributed by atoms with Crippen LogP contribution in [-0.2, 0) is 11.2 Å². The van der Waals surface area contributed by atoms with Crippen molar-refractivity contribution >= 4 is 5.91 Å². The number of carbonyl (C=O) groups excluding carboxylic acids is 1. The molecule has 1 saturated heterocycles. The number of aromatic nitrogens is 2. The fourth-order valence-corrected chi connectivity index (χ4v) is 2.69. The Morgan fingerprint density at radius 2 is 2.18 bits per heavy atom. The first-order chi connectivity index (χ1) is 10.6. The van der Waals surface area contributed by atoms with Gasteiger partial charge < -0.3 is 10.3 Å². The van der Waals surface area contributed by atoms with Crippen molar-refractivity contribution in [2.75, 3.05) is 13.1 Å². The Labute approximate surface area is 127 Å². The second-order valence-electron chi connectivity index (χ2n) is 5.37. The van der Waals surface area contributed by atoms with Crippen LogP contribution in [0.2, 0.25) is 0 Å². The topological polar surface area (TPSA) is 85.3 Å². The molecule has 1 aliphatic rings. The summed E-state index contributed by atoms with van der Waals surface area (Å²) in [6, 6.07) is 8.95. The lowest BCUT2D eigenvalue weighted by Crippen LogP contribution is -2.41. The van der Waals surface area contributed by atoms with Gasteiger partial charge in [-0.25, -0.2) is 4.39 Å². The summed E-state index contributed by atoms with van der Waals surface area (Å²) in [6.45, 7) is 0.678. The summed E-state index contributed by atoms with van der Waals surface area (Å²) in [5.74, 6) is 0.492. The van der Waals surface area contributed by atoms with Crippen LogP contribution in [0.3, 0.4) is 0 Å². The molecule has 7 heteroatoms. The molecular formula is C15H17FN4O2. The Morgan fingerprint density at radius 1 is 1.41 bits per heavy atom. The normalized spacial score (nSPS) is 22.0. The van der Waals surface area contributed by atoms with E-state index < -0.39 is 18.1 Å². The number of primary amides is 1. The van der Waals surface area contributed by atoms with Gasteiger partial charge in [0.1, 0.15) is 6.17 Å². The third-order valence-corrected chi connectivity index (χ3v) is 3.79. The Morgan fingerprint density at radius 3 is 2.91 bits per heavy atom.